The molecule has 1 saturated heterocycles. The van der Waals surface area contributed by atoms with Crippen molar-refractivity contribution in [1.82, 2.24) is 0 Å². The number of thioether (sulfide) groups is 1. The molecule has 1 fully saturated rings. The van der Waals surface area contributed by atoms with Crippen LogP contribution < -0.4 is 0 Å². The molecule has 2 heterocycles. The first kappa shape index (κ1) is 11.5. The fourth-order valence-electron chi connectivity index (χ4n) is 2.14. The maximum Gasteiger partial charge on any atom is 0.107 e. The third kappa shape index (κ3) is 2.22. The fraction of sp³-hybridized carbons (Fsp3) is 0.385. The van der Waals surface area contributed by atoms with E-state index >= 15 is 0 Å². The summed E-state index contributed by atoms with van der Waals surface area (Å²) in [4.78, 5) is 0. The number of aliphatic hydroxyl groups is 1. The van der Waals surface area contributed by atoms with Crippen LogP contribution in [0.5, 0.6) is 0 Å². The molecule has 0 aliphatic carbocycles. The average molecular weight is 266 g/mol. The Morgan fingerprint density at radius 2 is 2.29 bits per heavy atom. The number of ether oxygens (including phenoxy) is 1. The quantitative estimate of drug-likeness (QED) is 0.906. The maximum absolute atomic E-state index is 10.4. The first-order valence-corrected chi connectivity index (χ1v) is 7.73. The lowest BCUT2D eigenvalue weighted by atomic mass is 10.0. The summed E-state index contributed by atoms with van der Waals surface area (Å²) in [5.41, 5.74) is 1.00. The highest BCUT2D eigenvalue weighted by Gasteiger charge is 2.25. The Morgan fingerprint density at radius 3 is 3.12 bits per heavy atom. The number of hydrogen-bond acceptors (Lipinski definition) is 4. The predicted octanol–water partition coefficient (Wildman–Crippen LogP) is 3.07. The van der Waals surface area contributed by atoms with Crippen molar-refractivity contribution >= 4 is 33.2 Å². The van der Waals surface area contributed by atoms with Crippen LogP contribution in [0.15, 0.2) is 29.6 Å². The van der Waals surface area contributed by atoms with Gasteiger partial charge >= 0.3 is 0 Å². The van der Waals surface area contributed by atoms with E-state index < -0.39 is 6.10 Å². The minimum atomic E-state index is -0.509. The smallest absolute Gasteiger partial charge is 0.107 e. The molecule has 17 heavy (non-hydrogen) atoms. The van der Waals surface area contributed by atoms with Crippen molar-refractivity contribution in [2.45, 2.75) is 12.2 Å². The van der Waals surface area contributed by atoms with E-state index in [2.05, 4.69) is 17.5 Å². The van der Waals surface area contributed by atoms with Gasteiger partial charge in [-0.1, -0.05) is 18.2 Å². The monoisotopic (exact) mass is 266 g/mol. The molecule has 1 aromatic carbocycles. The zero-order chi connectivity index (χ0) is 11.7. The van der Waals surface area contributed by atoms with Crippen LogP contribution >= 0.6 is 23.1 Å². The second-order valence-corrected chi connectivity index (χ2v) is 6.18. The molecule has 0 bridgehead atoms. The third-order valence-electron chi connectivity index (χ3n) is 3.02. The van der Waals surface area contributed by atoms with Crippen molar-refractivity contribution in [3.63, 3.8) is 0 Å². The average Bonchev–Trinajstić information content (AvgIpc) is 2.87. The molecule has 0 radical (unpaired) electrons. The summed E-state index contributed by atoms with van der Waals surface area (Å²) in [5, 5.41) is 13.7. The zero-order valence-electron chi connectivity index (χ0n) is 9.33. The zero-order valence-corrected chi connectivity index (χ0v) is 11.0. The van der Waals surface area contributed by atoms with Gasteiger partial charge in [-0.15, -0.1) is 11.3 Å². The van der Waals surface area contributed by atoms with Crippen LogP contribution in [-0.4, -0.2) is 29.3 Å². The summed E-state index contributed by atoms with van der Waals surface area (Å²) in [6, 6.07) is 8.18. The molecule has 0 spiro atoms. The minimum absolute atomic E-state index is 0.0681. The van der Waals surface area contributed by atoms with Gasteiger partial charge in [0.15, 0.2) is 0 Å². The number of thiophene rings is 1. The van der Waals surface area contributed by atoms with Gasteiger partial charge in [0.1, 0.15) is 6.10 Å². The van der Waals surface area contributed by atoms with E-state index in [1.165, 1.54) is 10.1 Å². The van der Waals surface area contributed by atoms with Crippen LogP contribution in [0.3, 0.4) is 0 Å². The van der Waals surface area contributed by atoms with Crippen LogP contribution in [-0.2, 0) is 4.74 Å². The molecule has 90 valence electrons. The lowest BCUT2D eigenvalue weighted by Gasteiger charge is -2.27. The summed E-state index contributed by atoms with van der Waals surface area (Å²) in [7, 11) is 0. The molecule has 2 atom stereocenters. The standard InChI is InChI=1S/C13H14O2S2/c14-12(11-8-16-7-5-15-11)10-3-1-2-9-4-6-17-13(9)10/h1-4,6,11-12,14H,5,7-8H2. The van der Waals surface area contributed by atoms with Crippen LogP contribution in [0.25, 0.3) is 10.1 Å². The summed E-state index contributed by atoms with van der Waals surface area (Å²) in [5.74, 6) is 1.91. The molecule has 4 heteroatoms. The topological polar surface area (TPSA) is 29.5 Å². The van der Waals surface area contributed by atoms with Gasteiger partial charge in [0.2, 0.25) is 0 Å². The Balaban J connectivity index is 1.94. The van der Waals surface area contributed by atoms with Crippen LogP contribution in [0, 0.1) is 0 Å². The Morgan fingerprint density at radius 1 is 1.35 bits per heavy atom. The number of hydrogen-bond donors (Lipinski definition) is 1. The second-order valence-electron chi connectivity index (χ2n) is 4.12. The summed E-state index contributed by atoms with van der Waals surface area (Å²) >= 11 is 3.54. The highest BCUT2D eigenvalue weighted by Crippen LogP contribution is 2.33. The van der Waals surface area contributed by atoms with E-state index in [4.69, 9.17) is 4.74 Å². The number of aliphatic hydroxyl groups excluding tert-OH is 1. The molecule has 0 amide bonds. The lowest BCUT2D eigenvalue weighted by Crippen LogP contribution is -2.29. The molecule has 1 aliphatic rings. The fourth-order valence-corrected chi connectivity index (χ4v) is 3.98. The Labute approximate surface area is 109 Å². The van der Waals surface area contributed by atoms with Crippen molar-refractivity contribution in [1.29, 1.82) is 0 Å². The number of fused-ring (bicyclic) bond motifs is 1. The summed E-state index contributed by atoms with van der Waals surface area (Å²) in [6.45, 7) is 0.743. The molecule has 2 nitrogen and oxygen atoms in total. The van der Waals surface area contributed by atoms with E-state index in [1.54, 1.807) is 11.3 Å². The first-order chi connectivity index (χ1) is 8.36. The minimum Gasteiger partial charge on any atom is -0.386 e. The lowest BCUT2D eigenvalue weighted by molar-refractivity contribution is -0.0220. The molecular weight excluding hydrogens is 252 g/mol. The SMILES string of the molecule is OC(c1cccc2ccsc12)C1CSCCO1. The Hall–Kier alpha value is -0.550. The molecule has 2 aromatic rings. The van der Waals surface area contributed by atoms with Crippen molar-refractivity contribution in [3.05, 3.63) is 35.2 Å². The molecule has 1 aromatic heterocycles. The van der Waals surface area contributed by atoms with Gasteiger partial charge in [0.05, 0.1) is 12.7 Å². The van der Waals surface area contributed by atoms with Gasteiger partial charge in [-0.25, -0.2) is 0 Å². The third-order valence-corrected chi connectivity index (χ3v) is 5.02. The van der Waals surface area contributed by atoms with Crippen molar-refractivity contribution in [2.75, 3.05) is 18.1 Å². The first-order valence-electron chi connectivity index (χ1n) is 5.70. The summed E-state index contributed by atoms with van der Waals surface area (Å²) in [6.07, 6.45) is -0.577. The van der Waals surface area contributed by atoms with E-state index in [0.717, 1.165) is 23.7 Å². The molecule has 1 aliphatic heterocycles. The molecular formula is C13H14O2S2. The van der Waals surface area contributed by atoms with E-state index in [1.807, 2.05) is 23.9 Å². The predicted molar refractivity (Wildman–Crippen MR) is 73.8 cm³/mol. The molecule has 0 saturated carbocycles. The normalized spacial score (nSPS) is 22.8. The highest BCUT2D eigenvalue weighted by molar-refractivity contribution is 7.99. The van der Waals surface area contributed by atoms with Gasteiger partial charge in [-0.05, 0) is 16.8 Å². The van der Waals surface area contributed by atoms with E-state index in [9.17, 15) is 5.11 Å². The largest absolute Gasteiger partial charge is 0.386 e. The summed E-state index contributed by atoms with van der Waals surface area (Å²) < 4.78 is 6.83. The van der Waals surface area contributed by atoms with Gasteiger partial charge in [-0.3, -0.25) is 0 Å². The van der Waals surface area contributed by atoms with Gasteiger partial charge in [-0.2, -0.15) is 11.8 Å². The van der Waals surface area contributed by atoms with Crippen molar-refractivity contribution < 1.29 is 9.84 Å². The van der Waals surface area contributed by atoms with Gasteiger partial charge in [0, 0.05) is 21.8 Å². The number of benzene rings is 1. The van der Waals surface area contributed by atoms with Crippen molar-refractivity contribution in [3.8, 4) is 0 Å². The number of rotatable bonds is 2. The second kappa shape index (κ2) is 4.98. The van der Waals surface area contributed by atoms with Crippen LogP contribution in [0.2, 0.25) is 0 Å². The van der Waals surface area contributed by atoms with E-state index in [0.29, 0.717) is 0 Å². The van der Waals surface area contributed by atoms with Gasteiger partial charge < -0.3 is 9.84 Å². The van der Waals surface area contributed by atoms with Gasteiger partial charge in [0.25, 0.3) is 0 Å². The molecule has 3 rings (SSSR count). The van der Waals surface area contributed by atoms with Crippen LogP contribution in [0.1, 0.15) is 11.7 Å². The van der Waals surface area contributed by atoms with Crippen LogP contribution in [0.4, 0.5) is 0 Å². The highest BCUT2D eigenvalue weighted by atomic mass is 32.2. The van der Waals surface area contributed by atoms with E-state index in [-0.39, 0.29) is 6.10 Å². The molecule has 1 N–H and O–H groups in total. The maximum atomic E-state index is 10.4. The Kier molecular flexibility index (Phi) is 3.38. The molecule has 2 unspecified atom stereocenters. The van der Waals surface area contributed by atoms with Crippen molar-refractivity contribution in [2.24, 2.45) is 0 Å². The Bertz CT molecular complexity index is 503.